The van der Waals surface area contributed by atoms with Crippen molar-refractivity contribution < 1.29 is 4.74 Å². The van der Waals surface area contributed by atoms with E-state index in [1.807, 2.05) is 24.3 Å². The minimum atomic E-state index is 0.481. The van der Waals surface area contributed by atoms with E-state index >= 15 is 0 Å². The molecular weight excluding hydrogens is 178 g/mol. The fraction of sp³-hybridized carbons (Fsp3) is 0.200. The fourth-order valence-corrected chi connectivity index (χ4v) is 1.15. The minimum Gasteiger partial charge on any atom is -0.436 e. The number of aromatic amines is 1. The molecule has 0 saturated carbocycles. The van der Waals surface area contributed by atoms with E-state index in [9.17, 15) is 0 Å². The number of aryl methyl sites for hydroxylation is 1. The molecule has 0 saturated heterocycles. The van der Waals surface area contributed by atoms with Gasteiger partial charge in [0.15, 0.2) is 0 Å². The van der Waals surface area contributed by atoms with Crippen LogP contribution in [-0.4, -0.2) is 15.4 Å². The average Bonchev–Trinajstić information content (AvgIpc) is 2.72. The maximum absolute atomic E-state index is 5.41. The first-order chi connectivity index (χ1) is 6.88. The Hall–Kier alpha value is -1.84. The lowest BCUT2D eigenvalue weighted by Crippen LogP contribution is -1.85. The summed E-state index contributed by atoms with van der Waals surface area (Å²) in [6.45, 7) is 2.12. The van der Waals surface area contributed by atoms with Gasteiger partial charge in [0.2, 0.25) is 0 Å². The standard InChI is InChI=1S/C10H11N3O/c1-2-8-3-5-9(6-4-8)14-10-7-11-13-12-10/h3-7H,2H2,1H3,(H,11,12,13). The molecule has 0 fully saturated rings. The number of nitrogens with one attached hydrogen (secondary N) is 1. The molecule has 0 aliphatic rings. The zero-order valence-electron chi connectivity index (χ0n) is 7.90. The third-order valence-corrected chi connectivity index (χ3v) is 1.95. The van der Waals surface area contributed by atoms with Crippen molar-refractivity contribution in [1.29, 1.82) is 0 Å². The Morgan fingerprint density at radius 2 is 2.07 bits per heavy atom. The monoisotopic (exact) mass is 189 g/mol. The lowest BCUT2D eigenvalue weighted by atomic mass is 10.2. The van der Waals surface area contributed by atoms with Crippen LogP contribution in [-0.2, 0) is 6.42 Å². The Bertz CT molecular complexity index is 380. The van der Waals surface area contributed by atoms with Crippen molar-refractivity contribution >= 4 is 0 Å². The van der Waals surface area contributed by atoms with Crippen molar-refractivity contribution in [3.05, 3.63) is 36.0 Å². The van der Waals surface area contributed by atoms with Crippen LogP contribution in [0.1, 0.15) is 12.5 Å². The first-order valence-electron chi connectivity index (χ1n) is 4.51. The van der Waals surface area contributed by atoms with E-state index in [1.54, 1.807) is 0 Å². The molecular formula is C10H11N3O. The minimum absolute atomic E-state index is 0.481. The van der Waals surface area contributed by atoms with E-state index in [-0.39, 0.29) is 0 Å². The van der Waals surface area contributed by atoms with Gasteiger partial charge in [-0.3, -0.25) is 0 Å². The van der Waals surface area contributed by atoms with E-state index in [0.29, 0.717) is 5.88 Å². The Morgan fingerprint density at radius 1 is 1.29 bits per heavy atom. The van der Waals surface area contributed by atoms with Crippen molar-refractivity contribution in [3.63, 3.8) is 0 Å². The molecule has 0 unspecified atom stereocenters. The molecule has 1 aromatic carbocycles. The number of ether oxygens (including phenoxy) is 1. The molecule has 0 atom stereocenters. The maximum atomic E-state index is 5.41. The van der Waals surface area contributed by atoms with Gasteiger partial charge in [0.05, 0.1) is 0 Å². The molecule has 0 bridgehead atoms. The summed E-state index contributed by atoms with van der Waals surface area (Å²) in [7, 11) is 0. The smallest absolute Gasteiger partial charge is 0.258 e. The van der Waals surface area contributed by atoms with Gasteiger partial charge in [0.1, 0.15) is 11.9 Å². The number of aromatic nitrogens is 3. The first kappa shape index (κ1) is 8.74. The van der Waals surface area contributed by atoms with Crippen LogP contribution in [0.2, 0.25) is 0 Å². The number of benzene rings is 1. The normalized spacial score (nSPS) is 10.1. The van der Waals surface area contributed by atoms with Gasteiger partial charge in [-0.15, -0.1) is 5.10 Å². The van der Waals surface area contributed by atoms with Crippen LogP contribution >= 0.6 is 0 Å². The largest absolute Gasteiger partial charge is 0.436 e. The van der Waals surface area contributed by atoms with Crippen LogP contribution in [0.5, 0.6) is 11.6 Å². The molecule has 1 aromatic heterocycles. The Morgan fingerprint density at radius 3 is 2.64 bits per heavy atom. The fourth-order valence-electron chi connectivity index (χ4n) is 1.15. The number of rotatable bonds is 3. The Kier molecular flexibility index (Phi) is 2.44. The quantitative estimate of drug-likeness (QED) is 0.804. The highest BCUT2D eigenvalue weighted by Crippen LogP contribution is 2.18. The Balaban J connectivity index is 2.10. The lowest BCUT2D eigenvalue weighted by Gasteiger charge is -2.01. The highest BCUT2D eigenvalue weighted by Gasteiger charge is 1.98. The summed E-state index contributed by atoms with van der Waals surface area (Å²) >= 11 is 0. The molecule has 14 heavy (non-hydrogen) atoms. The third kappa shape index (κ3) is 1.90. The molecule has 0 radical (unpaired) electrons. The van der Waals surface area contributed by atoms with Gasteiger partial charge in [-0.1, -0.05) is 19.1 Å². The van der Waals surface area contributed by atoms with Crippen molar-refractivity contribution in [3.8, 4) is 11.6 Å². The predicted octanol–water partition coefficient (Wildman–Crippen LogP) is 2.16. The van der Waals surface area contributed by atoms with Crippen LogP contribution in [0.25, 0.3) is 0 Å². The zero-order chi connectivity index (χ0) is 9.80. The molecule has 1 N–H and O–H groups in total. The Labute approximate surface area is 81.9 Å². The number of hydrogen-bond donors (Lipinski definition) is 1. The van der Waals surface area contributed by atoms with Gasteiger partial charge in [-0.25, -0.2) is 0 Å². The highest BCUT2D eigenvalue weighted by atomic mass is 16.5. The van der Waals surface area contributed by atoms with Crippen molar-refractivity contribution in [2.24, 2.45) is 0 Å². The summed E-state index contributed by atoms with van der Waals surface area (Å²) in [5, 5.41) is 9.93. The third-order valence-electron chi connectivity index (χ3n) is 1.95. The summed E-state index contributed by atoms with van der Waals surface area (Å²) < 4.78 is 5.41. The van der Waals surface area contributed by atoms with E-state index in [2.05, 4.69) is 22.3 Å². The summed E-state index contributed by atoms with van der Waals surface area (Å²) in [4.78, 5) is 0. The summed E-state index contributed by atoms with van der Waals surface area (Å²) in [5.74, 6) is 1.25. The van der Waals surface area contributed by atoms with Crippen LogP contribution < -0.4 is 4.74 Å². The second-order valence-corrected chi connectivity index (χ2v) is 2.91. The maximum Gasteiger partial charge on any atom is 0.258 e. The second kappa shape index (κ2) is 3.91. The van der Waals surface area contributed by atoms with Crippen molar-refractivity contribution in [2.45, 2.75) is 13.3 Å². The molecule has 0 amide bonds. The second-order valence-electron chi connectivity index (χ2n) is 2.91. The summed E-state index contributed by atoms with van der Waals surface area (Å²) in [6, 6.07) is 7.92. The summed E-state index contributed by atoms with van der Waals surface area (Å²) in [6.07, 6.45) is 2.57. The van der Waals surface area contributed by atoms with Gasteiger partial charge in [-0.2, -0.15) is 10.3 Å². The van der Waals surface area contributed by atoms with Gasteiger partial charge in [0, 0.05) is 0 Å². The predicted molar refractivity (Wildman–Crippen MR) is 52.3 cm³/mol. The molecule has 0 aliphatic carbocycles. The molecule has 0 aliphatic heterocycles. The van der Waals surface area contributed by atoms with Gasteiger partial charge in [0.25, 0.3) is 5.88 Å². The zero-order valence-corrected chi connectivity index (χ0v) is 7.90. The molecule has 0 spiro atoms. The van der Waals surface area contributed by atoms with Crippen molar-refractivity contribution in [1.82, 2.24) is 15.4 Å². The molecule has 4 heteroatoms. The SMILES string of the molecule is CCc1ccc(Oc2cn[nH]n2)cc1. The topological polar surface area (TPSA) is 50.8 Å². The molecule has 72 valence electrons. The number of H-pyrrole nitrogens is 1. The van der Waals surface area contributed by atoms with Crippen LogP contribution in [0.4, 0.5) is 0 Å². The first-order valence-corrected chi connectivity index (χ1v) is 4.51. The van der Waals surface area contributed by atoms with E-state index in [1.165, 1.54) is 11.8 Å². The van der Waals surface area contributed by atoms with E-state index in [4.69, 9.17) is 4.74 Å². The molecule has 4 nitrogen and oxygen atoms in total. The summed E-state index contributed by atoms with van der Waals surface area (Å²) in [5.41, 5.74) is 1.29. The number of hydrogen-bond acceptors (Lipinski definition) is 3. The molecule has 2 aromatic rings. The highest BCUT2D eigenvalue weighted by molar-refractivity contribution is 5.29. The van der Waals surface area contributed by atoms with E-state index < -0.39 is 0 Å². The van der Waals surface area contributed by atoms with Crippen LogP contribution in [0, 0.1) is 0 Å². The van der Waals surface area contributed by atoms with E-state index in [0.717, 1.165) is 12.2 Å². The van der Waals surface area contributed by atoms with Gasteiger partial charge >= 0.3 is 0 Å². The van der Waals surface area contributed by atoms with Gasteiger partial charge < -0.3 is 4.74 Å². The lowest BCUT2D eigenvalue weighted by molar-refractivity contribution is 0.461. The molecule has 1 heterocycles. The van der Waals surface area contributed by atoms with Gasteiger partial charge in [-0.05, 0) is 24.1 Å². The van der Waals surface area contributed by atoms with Crippen molar-refractivity contribution in [2.75, 3.05) is 0 Å². The molecule has 2 rings (SSSR count). The van der Waals surface area contributed by atoms with Crippen LogP contribution in [0.15, 0.2) is 30.5 Å². The van der Waals surface area contributed by atoms with Crippen LogP contribution in [0.3, 0.4) is 0 Å². The number of nitrogens with zero attached hydrogens (tertiary/aromatic N) is 2. The average molecular weight is 189 g/mol.